The number of halogens is 1. The number of nitrogens with zero attached hydrogens (tertiary/aromatic N) is 2. The number of ether oxygens (including phenoxy) is 2. The molecule has 1 unspecified atom stereocenters. The van der Waals surface area contributed by atoms with Gasteiger partial charge in [-0.25, -0.2) is 4.98 Å². The Balaban J connectivity index is 2.29. The Hall–Kier alpha value is -2.35. The number of aromatic nitrogens is 1. The fourth-order valence-corrected chi connectivity index (χ4v) is 2.41. The van der Waals surface area contributed by atoms with Crippen LogP contribution in [0.2, 0.25) is 0 Å². The molecule has 1 atom stereocenters. The fourth-order valence-electron chi connectivity index (χ4n) is 2.09. The molecule has 0 saturated carbocycles. The number of nitro groups is 1. The molecule has 8 heteroatoms. The Labute approximate surface area is 141 Å². The largest absolute Gasteiger partial charge is 0.493 e. The fraction of sp³-hybridized carbons (Fsp3) is 0.267. The van der Waals surface area contributed by atoms with Crippen LogP contribution in [0.5, 0.6) is 11.5 Å². The Morgan fingerprint density at radius 1 is 1.26 bits per heavy atom. The van der Waals surface area contributed by atoms with Crippen molar-refractivity contribution < 1.29 is 14.4 Å². The van der Waals surface area contributed by atoms with Gasteiger partial charge in [0.05, 0.1) is 25.2 Å². The Morgan fingerprint density at radius 2 is 1.96 bits per heavy atom. The van der Waals surface area contributed by atoms with E-state index in [2.05, 4.69) is 26.2 Å². The number of nitrogens with one attached hydrogen (secondary N) is 1. The second-order valence-corrected chi connectivity index (χ2v) is 5.67. The zero-order valence-corrected chi connectivity index (χ0v) is 14.5. The normalized spacial score (nSPS) is 11.7. The van der Waals surface area contributed by atoms with Gasteiger partial charge in [-0.1, -0.05) is 6.07 Å². The van der Waals surface area contributed by atoms with Gasteiger partial charge in [-0.2, -0.15) is 0 Å². The number of rotatable bonds is 6. The molecule has 0 aliphatic carbocycles. The van der Waals surface area contributed by atoms with Crippen LogP contribution in [0.1, 0.15) is 18.5 Å². The Kier molecular flexibility index (Phi) is 5.38. The lowest BCUT2D eigenvalue weighted by atomic mass is 10.1. The second-order valence-electron chi connectivity index (χ2n) is 4.76. The summed E-state index contributed by atoms with van der Waals surface area (Å²) in [6.07, 6.45) is 1.51. The maximum absolute atomic E-state index is 11.1. The molecule has 7 nitrogen and oxygen atoms in total. The van der Waals surface area contributed by atoms with Crippen LogP contribution >= 0.6 is 15.9 Å². The van der Waals surface area contributed by atoms with Crippen molar-refractivity contribution in [2.24, 2.45) is 0 Å². The summed E-state index contributed by atoms with van der Waals surface area (Å²) in [5.74, 6) is 1.42. The highest BCUT2D eigenvalue weighted by Crippen LogP contribution is 2.32. The third kappa shape index (κ3) is 3.89. The minimum Gasteiger partial charge on any atom is -0.493 e. The van der Waals surface area contributed by atoms with Crippen molar-refractivity contribution in [2.75, 3.05) is 19.5 Å². The minimum atomic E-state index is -0.471. The second kappa shape index (κ2) is 7.28. The van der Waals surface area contributed by atoms with Crippen molar-refractivity contribution in [1.82, 2.24) is 4.98 Å². The summed E-state index contributed by atoms with van der Waals surface area (Å²) in [5, 5.41) is 14.2. The van der Waals surface area contributed by atoms with Crippen LogP contribution in [0.15, 0.2) is 34.9 Å². The molecule has 2 rings (SSSR count). The van der Waals surface area contributed by atoms with E-state index in [0.29, 0.717) is 16.0 Å². The summed E-state index contributed by atoms with van der Waals surface area (Å²) in [5.41, 5.74) is 0.799. The van der Waals surface area contributed by atoms with Gasteiger partial charge >= 0.3 is 5.69 Å². The molecule has 2 aromatic rings. The molecule has 122 valence electrons. The van der Waals surface area contributed by atoms with Crippen molar-refractivity contribution in [1.29, 1.82) is 0 Å². The molecule has 1 aromatic carbocycles. The molecule has 1 aromatic heterocycles. The number of methoxy groups -OCH3 is 2. The van der Waals surface area contributed by atoms with Gasteiger partial charge in [0.15, 0.2) is 11.5 Å². The highest BCUT2D eigenvalue weighted by molar-refractivity contribution is 9.10. The van der Waals surface area contributed by atoms with Gasteiger partial charge in [-0.3, -0.25) is 10.1 Å². The molecule has 1 N–H and O–H groups in total. The van der Waals surface area contributed by atoms with E-state index in [-0.39, 0.29) is 17.5 Å². The summed E-state index contributed by atoms with van der Waals surface area (Å²) in [7, 11) is 3.12. The smallest absolute Gasteiger partial charge is 0.312 e. The van der Waals surface area contributed by atoms with Crippen molar-refractivity contribution >= 4 is 27.4 Å². The molecule has 0 aliphatic rings. The van der Waals surface area contributed by atoms with Gasteiger partial charge in [0, 0.05) is 16.7 Å². The van der Waals surface area contributed by atoms with Crippen molar-refractivity contribution in [3.8, 4) is 11.5 Å². The monoisotopic (exact) mass is 381 g/mol. The van der Waals surface area contributed by atoms with E-state index in [4.69, 9.17) is 9.47 Å². The Bertz CT molecular complexity index is 724. The topological polar surface area (TPSA) is 86.5 Å². The molecule has 0 spiro atoms. The average Bonchev–Trinajstić information content (AvgIpc) is 2.55. The summed E-state index contributed by atoms with van der Waals surface area (Å²) < 4.78 is 11.0. The maximum Gasteiger partial charge on any atom is 0.312 e. The average molecular weight is 382 g/mol. The predicted molar refractivity (Wildman–Crippen MR) is 90.2 cm³/mol. The maximum atomic E-state index is 11.1. The zero-order chi connectivity index (χ0) is 17.0. The van der Waals surface area contributed by atoms with E-state index in [9.17, 15) is 10.1 Å². The first-order valence-corrected chi connectivity index (χ1v) is 7.54. The zero-order valence-electron chi connectivity index (χ0n) is 12.9. The number of hydrogen-bond donors (Lipinski definition) is 1. The molecule has 0 bridgehead atoms. The van der Waals surface area contributed by atoms with Crippen LogP contribution in [0.25, 0.3) is 0 Å². The predicted octanol–water partition coefficient (Wildman–Crippen LogP) is 3.94. The van der Waals surface area contributed by atoms with E-state index < -0.39 is 4.92 Å². The van der Waals surface area contributed by atoms with Crippen LogP contribution in [0.4, 0.5) is 11.5 Å². The number of benzene rings is 1. The highest BCUT2D eigenvalue weighted by atomic mass is 79.9. The van der Waals surface area contributed by atoms with Crippen molar-refractivity contribution in [3.63, 3.8) is 0 Å². The number of pyridine rings is 1. The molecule has 0 aliphatic heterocycles. The van der Waals surface area contributed by atoms with Gasteiger partial charge < -0.3 is 14.8 Å². The number of hydrogen-bond acceptors (Lipinski definition) is 6. The van der Waals surface area contributed by atoms with Gasteiger partial charge in [0.25, 0.3) is 0 Å². The van der Waals surface area contributed by atoms with E-state index >= 15 is 0 Å². The SMILES string of the molecule is COc1ccc(C(C)Nc2ncc(Br)cc2[N+](=O)[O-])cc1OC. The first-order valence-electron chi connectivity index (χ1n) is 6.74. The summed E-state index contributed by atoms with van der Waals surface area (Å²) in [6, 6.07) is 6.68. The van der Waals surface area contributed by atoms with E-state index in [1.165, 1.54) is 12.3 Å². The minimum absolute atomic E-state index is 0.0910. The summed E-state index contributed by atoms with van der Waals surface area (Å²) in [4.78, 5) is 14.8. The van der Waals surface area contributed by atoms with Crippen LogP contribution < -0.4 is 14.8 Å². The highest BCUT2D eigenvalue weighted by Gasteiger charge is 2.19. The molecule has 0 amide bonds. The lowest BCUT2D eigenvalue weighted by molar-refractivity contribution is -0.384. The molecule has 0 radical (unpaired) electrons. The van der Waals surface area contributed by atoms with E-state index in [1.807, 2.05) is 19.1 Å². The molecule has 0 saturated heterocycles. The third-order valence-electron chi connectivity index (χ3n) is 3.29. The third-order valence-corrected chi connectivity index (χ3v) is 3.73. The van der Waals surface area contributed by atoms with Crippen LogP contribution in [0.3, 0.4) is 0 Å². The van der Waals surface area contributed by atoms with Gasteiger partial charge in [-0.15, -0.1) is 0 Å². The lowest BCUT2D eigenvalue weighted by Gasteiger charge is -2.17. The molecule has 23 heavy (non-hydrogen) atoms. The van der Waals surface area contributed by atoms with Gasteiger partial charge in [0.2, 0.25) is 5.82 Å². The first-order chi connectivity index (χ1) is 11.0. The molecular weight excluding hydrogens is 366 g/mol. The first kappa shape index (κ1) is 17.0. The van der Waals surface area contributed by atoms with E-state index in [0.717, 1.165) is 5.56 Å². The molecular formula is C15H16BrN3O4. The van der Waals surface area contributed by atoms with Crippen molar-refractivity contribution in [2.45, 2.75) is 13.0 Å². The van der Waals surface area contributed by atoms with Crippen molar-refractivity contribution in [3.05, 3.63) is 50.6 Å². The van der Waals surface area contributed by atoms with Crippen LogP contribution in [0, 0.1) is 10.1 Å². The number of anilines is 1. The van der Waals surface area contributed by atoms with Crippen LogP contribution in [-0.2, 0) is 0 Å². The summed E-state index contributed by atoms with van der Waals surface area (Å²) >= 11 is 3.19. The standard InChI is InChI=1S/C15H16BrN3O4/c1-9(10-4-5-13(22-2)14(6-10)23-3)18-15-12(19(20)21)7-11(16)8-17-15/h4-9H,1-3H3,(H,17,18). The summed E-state index contributed by atoms with van der Waals surface area (Å²) in [6.45, 7) is 1.88. The quantitative estimate of drug-likeness (QED) is 0.602. The van der Waals surface area contributed by atoms with Gasteiger partial charge in [0.1, 0.15) is 0 Å². The van der Waals surface area contributed by atoms with Gasteiger partial charge in [-0.05, 0) is 40.5 Å². The molecule has 0 fully saturated rings. The lowest BCUT2D eigenvalue weighted by Crippen LogP contribution is -2.10. The molecule has 1 heterocycles. The van der Waals surface area contributed by atoms with Crippen LogP contribution in [-0.4, -0.2) is 24.1 Å². The van der Waals surface area contributed by atoms with E-state index in [1.54, 1.807) is 20.3 Å². The Morgan fingerprint density at radius 3 is 2.57 bits per heavy atom.